The molecule has 0 fully saturated rings. The van der Waals surface area contributed by atoms with E-state index in [1.54, 1.807) is 11.3 Å². The van der Waals surface area contributed by atoms with Crippen LogP contribution in [-0.2, 0) is 0 Å². The third-order valence-electron chi connectivity index (χ3n) is 1.10. The van der Waals surface area contributed by atoms with Gasteiger partial charge in [-0.2, -0.15) is 32.4 Å². The van der Waals surface area contributed by atoms with Crippen LogP contribution in [0.15, 0.2) is 22.9 Å². The largest absolute Gasteiger partial charge is 0.312 e. The summed E-state index contributed by atoms with van der Waals surface area (Å²) in [5.74, 6) is 0. The smallest absolute Gasteiger partial charge is 0.194 e. The van der Waals surface area contributed by atoms with Gasteiger partial charge in [0.1, 0.15) is 24.3 Å². The first-order chi connectivity index (χ1) is 6.74. The fourth-order valence-corrected chi connectivity index (χ4v) is 0.830. The Kier molecular flexibility index (Phi) is 5.17. The molecule has 0 aromatic carbocycles. The molecule has 1 aromatic rings. The number of hydrogen-bond donors (Lipinski definition) is 0. The summed E-state index contributed by atoms with van der Waals surface area (Å²) in [5.41, 5.74) is -2.11. The maximum Gasteiger partial charge on any atom is 0.312 e. The van der Waals surface area contributed by atoms with E-state index in [9.17, 15) is 0 Å². The molecule has 0 aliphatic rings. The second kappa shape index (κ2) is 6.21. The van der Waals surface area contributed by atoms with Gasteiger partial charge < -0.3 is 0 Å². The van der Waals surface area contributed by atoms with Crippen LogP contribution in [-0.4, -0.2) is 0 Å². The topological polar surface area (TPSA) is 95.2 Å². The number of hydrogen-bond acceptors (Lipinski definition) is 5. The SMILES string of the molecule is N#CC(C#N)(C#N)C#N.c1ccsc1. The van der Waals surface area contributed by atoms with Crippen molar-refractivity contribution in [3.05, 3.63) is 22.9 Å². The summed E-state index contributed by atoms with van der Waals surface area (Å²) >= 11 is 1.71. The van der Waals surface area contributed by atoms with E-state index in [-0.39, 0.29) is 0 Å². The van der Waals surface area contributed by atoms with Gasteiger partial charge in [-0.3, -0.25) is 0 Å². The number of rotatable bonds is 0. The standard InChI is InChI=1S/C5N4.C4H4S/c6-1-5(2-7,3-8)4-9;1-2-4-5-3-1/h;1-4H. The summed E-state index contributed by atoms with van der Waals surface area (Å²) in [7, 11) is 0. The van der Waals surface area contributed by atoms with Gasteiger partial charge in [-0.25, -0.2) is 0 Å². The predicted octanol–water partition coefficient (Wildman–Crippen LogP) is 1.82. The summed E-state index contributed by atoms with van der Waals surface area (Å²) < 4.78 is 0. The highest BCUT2D eigenvalue weighted by Gasteiger charge is 2.28. The van der Waals surface area contributed by atoms with E-state index in [1.165, 1.54) is 24.3 Å². The molecule has 0 N–H and O–H groups in total. The lowest BCUT2D eigenvalue weighted by Gasteiger charge is -1.89. The van der Waals surface area contributed by atoms with Crippen LogP contribution in [0.5, 0.6) is 0 Å². The van der Waals surface area contributed by atoms with E-state index < -0.39 is 5.41 Å². The quantitative estimate of drug-likeness (QED) is 0.638. The Balaban J connectivity index is 0.000000280. The summed E-state index contributed by atoms with van der Waals surface area (Å²) in [6.45, 7) is 0. The molecular weight excluding hydrogens is 196 g/mol. The van der Waals surface area contributed by atoms with E-state index in [0.29, 0.717) is 0 Å². The van der Waals surface area contributed by atoms with Crippen molar-refractivity contribution in [1.29, 1.82) is 21.0 Å². The zero-order valence-corrected chi connectivity index (χ0v) is 7.82. The monoisotopic (exact) mass is 200 g/mol. The molecule has 0 saturated carbocycles. The Morgan fingerprint density at radius 1 is 0.786 bits per heavy atom. The average Bonchev–Trinajstić information content (AvgIpc) is 2.80. The van der Waals surface area contributed by atoms with Crippen LogP contribution in [0.4, 0.5) is 0 Å². The van der Waals surface area contributed by atoms with E-state index in [1.807, 2.05) is 22.9 Å². The maximum absolute atomic E-state index is 8.06. The summed E-state index contributed by atoms with van der Waals surface area (Å²) in [4.78, 5) is 0. The van der Waals surface area contributed by atoms with Crippen LogP contribution in [0, 0.1) is 50.7 Å². The molecule has 1 aromatic heterocycles. The Hall–Kier alpha value is -2.34. The van der Waals surface area contributed by atoms with Gasteiger partial charge in [0.05, 0.1) is 0 Å². The van der Waals surface area contributed by atoms with Crippen LogP contribution in [0.3, 0.4) is 0 Å². The molecule has 0 bridgehead atoms. The van der Waals surface area contributed by atoms with Crippen molar-refractivity contribution in [2.24, 2.45) is 5.41 Å². The molecule has 1 heterocycles. The number of thiophene rings is 1. The lowest BCUT2D eigenvalue weighted by atomic mass is 9.97. The Morgan fingerprint density at radius 3 is 1.21 bits per heavy atom. The highest BCUT2D eigenvalue weighted by Crippen LogP contribution is 2.09. The highest BCUT2D eigenvalue weighted by molar-refractivity contribution is 7.07. The van der Waals surface area contributed by atoms with Gasteiger partial charge in [0.25, 0.3) is 0 Å². The van der Waals surface area contributed by atoms with E-state index in [4.69, 9.17) is 21.0 Å². The minimum atomic E-state index is -2.11. The zero-order valence-electron chi connectivity index (χ0n) is 7.01. The van der Waals surface area contributed by atoms with Gasteiger partial charge in [-0.15, -0.1) is 0 Å². The molecular formula is C9H4N4S. The molecule has 0 aliphatic heterocycles. The van der Waals surface area contributed by atoms with Crippen molar-refractivity contribution in [3.63, 3.8) is 0 Å². The number of nitriles is 4. The highest BCUT2D eigenvalue weighted by atomic mass is 32.1. The van der Waals surface area contributed by atoms with E-state index in [0.717, 1.165) is 0 Å². The van der Waals surface area contributed by atoms with Crippen LogP contribution >= 0.6 is 11.3 Å². The molecule has 0 atom stereocenters. The van der Waals surface area contributed by atoms with Gasteiger partial charge in [0.15, 0.2) is 0 Å². The number of nitrogens with zero attached hydrogens (tertiary/aromatic N) is 4. The Bertz CT molecular complexity index is 343. The van der Waals surface area contributed by atoms with Gasteiger partial charge in [0.2, 0.25) is 0 Å². The minimum absolute atomic E-state index is 1.28. The van der Waals surface area contributed by atoms with Crippen molar-refractivity contribution >= 4 is 11.3 Å². The van der Waals surface area contributed by atoms with Crippen molar-refractivity contribution in [2.45, 2.75) is 0 Å². The first kappa shape index (κ1) is 11.7. The molecule has 4 nitrogen and oxygen atoms in total. The molecule has 0 saturated heterocycles. The Labute approximate surface area is 85.5 Å². The normalized spacial score (nSPS) is 7.71. The lowest BCUT2D eigenvalue weighted by molar-refractivity contribution is 0.893. The van der Waals surface area contributed by atoms with Gasteiger partial charge in [0, 0.05) is 0 Å². The van der Waals surface area contributed by atoms with Gasteiger partial charge >= 0.3 is 5.41 Å². The third kappa shape index (κ3) is 3.37. The summed E-state index contributed by atoms with van der Waals surface area (Å²) in [6.07, 6.45) is 0. The fraction of sp³-hybridized carbons (Fsp3) is 0.111. The van der Waals surface area contributed by atoms with Crippen molar-refractivity contribution in [2.75, 3.05) is 0 Å². The van der Waals surface area contributed by atoms with E-state index in [2.05, 4.69) is 0 Å². The van der Waals surface area contributed by atoms with Gasteiger partial charge in [-0.1, -0.05) is 12.1 Å². The van der Waals surface area contributed by atoms with Crippen molar-refractivity contribution < 1.29 is 0 Å². The zero-order chi connectivity index (χ0) is 10.9. The second-order valence-electron chi connectivity index (χ2n) is 1.99. The summed E-state index contributed by atoms with van der Waals surface area (Å²) in [5, 5.41) is 36.3. The van der Waals surface area contributed by atoms with Gasteiger partial charge in [-0.05, 0) is 10.8 Å². The third-order valence-corrected chi connectivity index (χ3v) is 1.72. The first-order valence-corrected chi connectivity index (χ1v) is 4.31. The van der Waals surface area contributed by atoms with Crippen LogP contribution < -0.4 is 0 Å². The predicted molar refractivity (Wildman–Crippen MR) is 49.2 cm³/mol. The van der Waals surface area contributed by atoms with Crippen LogP contribution in [0.2, 0.25) is 0 Å². The molecule has 0 aliphatic carbocycles. The molecule has 0 spiro atoms. The maximum atomic E-state index is 8.06. The molecule has 66 valence electrons. The van der Waals surface area contributed by atoms with Crippen LogP contribution in [0.1, 0.15) is 0 Å². The minimum Gasteiger partial charge on any atom is -0.194 e. The van der Waals surface area contributed by atoms with Crippen LogP contribution in [0.25, 0.3) is 0 Å². The molecule has 0 radical (unpaired) electrons. The molecule has 14 heavy (non-hydrogen) atoms. The molecule has 5 heteroatoms. The fourth-order valence-electron chi connectivity index (χ4n) is 0.377. The van der Waals surface area contributed by atoms with E-state index >= 15 is 0 Å². The Morgan fingerprint density at radius 2 is 1.14 bits per heavy atom. The van der Waals surface area contributed by atoms with Crippen molar-refractivity contribution in [1.82, 2.24) is 0 Å². The first-order valence-electron chi connectivity index (χ1n) is 3.37. The second-order valence-corrected chi connectivity index (χ2v) is 2.81. The lowest BCUT2D eigenvalue weighted by Crippen LogP contribution is -2.08. The molecule has 0 unspecified atom stereocenters. The van der Waals surface area contributed by atoms with Crippen molar-refractivity contribution in [3.8, 4) is 24.3 Å². The average molecular weight is 200 g/mol. The molecule has 1 rings (SSSR count). The molecule has 0 amide bonds. The summed E-state index contributed by atoms with van der Waals surface area (Å²) in [6, 6.07) is 9.16.